The van der Waals surface area contributed by atoms with E-state index in [1.54, 1.807) is 0 Å². The molecule has 1 aromatic heterocycles. The molecular weight excluding hydrogens is 426 g/mol. The van der Waals surface area contributed by atoms with Crippen molar-refractivity contribution in [3.63, 3.8) is 0 Å². The van der Waals surface area contributed by atoms with E-state index in [0.29, 0.717) is 5.82 Å². The number of nitro benzene ring substituents is 1. The number of sulfonamides is 1. The molecule has 0 aliphatic rings. The smallest absolute Gasteiger partial charge is 0.271 e. The lowest BCUT2D eigenvalue weighted by molar-refractivity contribution is -0.384. The summed E-state index contributed by atoms with van der Waals surface area (Å²) in [7, 11) is -3.88. The van der Waals surface area contributed by atoms with Crippen LogP contribution in [0.15, 0.2) is 53.1 Å². The second kappa shape index (κ2) is 8.92. The molecule has 0 saturated carbocycles. The second-order valence-electron chi connectivity index (χ2n) is 6.70. The molecule has 2 aromatic carbocycles. The zero-order chi connectivity index (χ0) is 22.6. The number of aryl methyl sites for hydroxylation is 1. The maximum atomic E-state index is 12.3. The van der Waals surface area contributed by atoms with Gasteiger partial charge in [-0.05, 0) is 13.0 Å². The molecule has 12 heteroatoms. The van der Waals surface area contributed by atoms with Gasteiger partial charge in [-0.15, -0.1) is 0 Å². The summed E-state index contributed by atoms with van der Waals surface area (Å²) >= 11 is 0. The first-order valence-corrected chi connectivity index (χ1v) is 10.9. The van der Waals surface area contributed by atoms with Crippen molar-refractivity contribution in [1.29, 1.82) is 0 Å². The van der Waals surface area contributed by atoms with Crippen molar-refractivity contribution >= 4 is 27.3 Å². The number of anilines is 1. The number of nitrogens with zero attached hydrogens (tertiary/aromatic N) is 4. The van der Waals surface area contributed by atoms with Gasteiger partial charge in [-0.25, -0.2) is 8.42 Å². The number of hydrogen-bond acceptors (Lipinski definition) is 8. The van der Waals surface area contributed by atoms with Crippen LogP contribution in [-0.2, 0) is 21.4 Å². The molecule has 1 heterocycles. The van der Waals surface area contributed by atoms with Gasteiger partial charge >= 0.3 is 0 Å². The monoisotopic (exact) mass is 445 g/mol. The highest BCUT2D eigenvalue weighted by Crippen LogP contribution is 2.23. The van der Waals surface area contributed by atoms with Crippen molar-refractivity contribution < 1.29 is 22.7 Å². The number of non-ortho nitro benzene ring substituents is 1. The van der Waals surface area contributed by atoms with Crippen LogP contribution in [0.4, 0.5) is 11.4 Å². The standard InChI is InChI=1S/C19H19N5O6S/c1-13-6-8-14(9-7-13)19-21-18(30-22-19)11-20-17(25)12-23(31(2,28)29)15-4-3-5-16(10-15)24(26)27/h3-10H,11-12H2,1-2H3,(H,20,25). The molecule has 0 atom stereocenters. The fourth-order valence-electron chi connectivity index (χ4n) is 2.67. The van der Waals surface area contributed by atoms with Crippen molar-refractivity contribution in [3.05, 3.63) is 70.1 Å². The van der Waals surface area contributed by atoms with Crippen molar-refractivity contribution in [2.24, 2.45) is 0 Å². The van der Waals surface area contributed by atoms with E-state index in [0.717, 1.165) is 27.8 Å². The largest absolute Gasteiger partial charge is 0.345 e. The van der Waals surface area contributed by atoms with Crippen LogP contribution in [0.3, 0.4) is 0 Å². The Morgan fingerprint density at radius 2 is 1.94 bits per heavy atom. The Morgan fingerprint density at radius 1 is 1.23 bits per heavy atom. The van der Waals surface area contributed by atoms with E-state index in [4.69, 9.17) is 4.52 Å². The number of carbonyl (C=O) groups excluding carboxylic acids is 1. The van der Waals surface area contributed by atoms with E-state index in [-0.39, 0.29) is 23.8 Å². The minimum Gasteiger partial charge on any atom is -0.345 e. The predicted molar refractivity (Wildman–Crippen MR) is 112 cm³/mol. The third kappa shape index (κ3) is 5.63. The fourth-order valence-corrected chi connectivity index (χ4v) is 3.52. The average molecular weight is 445 g/mol. The third-order valence-electron chi connectivity index (χ3n) is 4.23. The van der Waals surface area contributed by atoms with Crippen LogP contribution in [0, 0.1) is 17.0 Å². The number of hydrogen-bond donors (Lipinski definition) is 1. The molecule has 31 heavy (non-hydrogen) atoms. The highest BCUT2D eigenvalue weighted by atomic mass is 32.2. The fraction of sp³-hybridized carbons (Fsp3) is 0.211. The van der Waals surface area contributed by atoms with Gasteiger partial charge in [0.25, 0.3) is 5.69 Å². The zero-order valence-corrected chi connectivity index (χ0v) is 17.5. The Morgan fingerprint density at radius 3 is 2.58 bits per heavy atom. The summed E-state index contributed by atoms with van der Waals surface area (Å²) in [5, 5.41) is 17.3. The SMILES string of the molecule is Cc1ccc(-c2noc(CNC(=O)CN(c3cccc([N+](=O)[O-])c3)S(C)(=O)=O)n2)cc1. The molecule has 1 amide bonds. The van der Waals surface area contributed by atoms with Crippen LogP contribution in [0.5, 0.6) is 0 Å². The van der Waals surface area contributed by atoms with Crippen molar-refractivity contribution in [1.82, 2.24) is 15.5 Å². The van der Waals surface area contributed by atoms with Gasteiger partial charge in [-0.3, -0.25) is 19.2 Å². The molecule has 1 N–H and O–H groups in total. The maximum absolute atomic E-state index is 12.3. The highest BCUT2D eigenvalue weighted by Gasteiger charge is 2.23. The van der Waals surface area contributed by atoms with Crippen molar-refractivity contribution in [2.45, 2.75) is 13.5 Å². The van der Waals surface area contributed by atoms with Crippen LogP contribution in [-0.4, -0.2) is 42.2 Å². The molecule has 162 valence electrons. The summed E-state index contributed by atoms with van der Waals surface area (Å²) in [6.07, 6.45) is 0.908. The average Bonchev–Trinajstić information content (AvgIpc) is 3.19. The van der Waals surface area contributed by atoms with Gasteiger partial charge in [0.05, 0.1) is 23.4 Å². The predicted octanol–water partition coefficient (Wildman–Crippen LogP) is 2.04. The van der Waals surface area contributed by atoms with Crippen LogP contribution in [0.25, 0.3) is 11.4 Å². The molecule has 0 fully saturated rings. The lowest BCUT2D eigenvalue weighted by atomic mass is 10.1. The molecule has 0 unspecified atom stereocenters. The van der Waals surface area contributed by atoms with Gasteiger partial charge < -0.3 is 9.84 Å². The first-order valence-electron chi connectivity index (χ1n) is 9.02. The van der Waals surface area contributed by atoms with E-state index in [2.05, 4.69) is 15.5 Å². The summed E-state index contributed by atoms with van der Waals surface area (Å²) < 4.78 is 30.2. The minimum absolute atomic E-state index is 0.00583. The number of aromatic nitrogens is 2. The first-order chi connectivity index (χ1) is 14.6. The summed E-state index contributed by atoms with van der Waals surface area (Å²) in [6, 6.07) is 12.5. The Hall–Kier alpha value is -3.80. The van der Waals surface area contributed by atoms with Gasteiger partial charge in [0.2, 0.25) is 27.6 Å². The summed E-state index contributed by atoms with van der Waals surface area (Å²) in [4.78, 5) is 26.9. The lowest BCUT2D eigenvalue weighted by Gasteiger charge is -2.21. The summed E-state index contributed by atoms with van der Waals surface area (Å²) in [5.74, 6) is -0.143. The van der Waals surface area contributed by atoms with E-state index in [1.807, 2.05) is 31.2 Å². The summed E-state index contributed by atoms with van der Waals surface area (Å²) in [5.41, 5.74) is 1.55. The molecule has 0 spiro atoms. The quantitative estimate of drug-likeness (QED) is 0.409. The van der Waals surface area contributed by atoms with E-state index < -0.39 is 27.4 Å². The Bertz CT molecular complexity index is 1210. The minimum atomic E-state index is -3.88. The molecular formula is C19H19N5O6S. The number of nitrogens with one attached hydrogen (secondary N) is 1. The lowest BCUT2D eigenvalue weighted by Crippen LogP contribution is -2.40. The van der Waals surface area contributed by atoms with Crippen molar-refractivity contribution in [3.8, 4) is 11.4 Å². The number of carbonyl (C=O) groups is 1. The summed E-state index contributed by atoms with van der Waals surface area (Å²) in [6.45, 7) is 1.28. The zero-order valence-electron chi connectivity index (χ0n) is 16.7. The second-order valence-corrected chi connectivity index (χ2v) is 8.61. The number of nitro groups is 1. The van der Waals surface area contributed by atoms with Crippen molar-refractivity contribution in [2.75, 3.05) is 17.1 Å². The van der Waals surface area contributed by atoms with Gasteiger partial charge in [0.1, 0.15) is 6.54 Å². The van der Waals surface area contributed by atoms with Gasteiger partial charge in [-0.1, -0.05) is 41.1 Å². The van der Waals surface area contributed by atoms with E-state index in [1.165, 1.54) is 18.2 Å². The molecule has 0 saturated heterocycles. The van der Waals surface area contributed by atoms with Gasteiger partial charge in [0.15, 0.2) is 0 Å². The topological polar surface area (TPSA) is 149 Å². The maximum Gasteiger partial charge on any atom is 0.271 e. The Balaban J connectivity index is 1.68. The number of benzene rings is 2. The first kappa shape index (κ1) is 21.9. The molecule has 3 aromatic rings. The van der Waals surface area contributed by atoms with E-state index in [9.17, 15) is 23.3 Å². The third-order valence-corrected chi connectivity index (χ3v) is 5.37. The van der Waals surface area contributed by atoms with Crippen LogP contribution >= 0.6 is 0 Å². The van der Waals surface area contributed by atoms with E-state index >= 15 is 0 Å². The molecule has 0 radical (unpaired) electrons. The van der Waals surface area contributed by atoms with Gasteiger partial charge in [-0.2, -0.15) is 4.98 Å². The highest BCUT2D eigenvalue weighted by molar-refractivity contribution is 7.92. The molecule has 0 bridgehead atoms. The van der Waals surface area contributed by atoms with Gasteiger partial charge in [0, 0.05) is 17.7 Å². The Kier molecular flexibility index (Phi) is 6.30. The molecule has 3 rings (SSSR count). The molecule has 0 aliphatic heterocycles. The molecule has 11 nitrogen and oxygen atoms in total. The van der Waals surface area contributed by atoms with Crippen LogP contribution < -0.4 is 9.62 Å². The number of amides is 1. The number of rotatable bonds is 8. The normalized spacial score (nSPS) is 11.2. The Labute approximate surface area is 177 Å². The van der Waals surface area contributed by atoms with Crippen LogP contribution in [0.1, 0.15) is 11.5 Å². The molecule has 0 aliphatic carbocycles. The van der Waals surface area contributed by atoms with Crippen LogP contribution in [0.2, 0.25) is 0 Å².